The van der Waals surface area contributed by atoms with Gasteiger partial charge in [0.15, 0.2) is 0 Å². The minimum atomic E-state index is -0.0225. The summed E-state index contributed by atoms with van der Waals surface area (Å²) in [5.41, 5.74) is -0.0225. The van der Waals surface area contributed by atoms with E-state index >= 15 is 0 Å². The van der Waals surface area contributed by atoms with Gasteiger partial charge in [0.25, 0.3) is 0 Å². The normalized spacial score (nSPS) is 24.1. The number of rotatable bonds is 2. The fraction of sp³-hybridized carbons (Fsp3) is 0.583. The van der Waals surface area contributed by atoms with Gasteiger partial charge in [-0.05, 0) is 54.8 Å². The minimum absolute atomic E-state index is 0.0225. The van der Waals surface area contributed by atoms with E-state index in [9.17, 15) is 0 Å². The molecular weight excluding hydrogens is 268 g/mol. The molecule has 2 rings (SSSR count). The summed E-state index contributed by atoms with van der Waals surface area (Å²) in [6, 6.07) is 4.45. The van der Waals surface area contributed by atoms with Crippen LogP contribution in [0.15, 0.2) is 22.8 Å². The van der Waals surface area contributed by atoms with E-state index in [-0.39, 0.29) is 5.60 Å². The van der Waals surface area contributed by atoms with Crippen molar-refractivity contribution >= 4 is 21.7 Å². The molecule has 0 aromatic carbocycles. The van der Waals surface area contributed by atoms with Crippen molar-refractivity contribution in [3.63, 3.8) is 0 Å². The van der Waals surface area contributed by atoms with Crippen molar-refractivity contribution in [1.29, 1.82) is 0 Å². The van der Waals surface area contributed by atoms with Gasteiger partial charge in [-0.15, -0.1) is 0 Å². The number of anilines is 1. The van der Waals surface area contributed by atoms with Crippen LogP contribution in [0.25, 0.3) is 0 Å². The van der Waals surface area contributed by atoms with Gasteiger partial charge in [0, 0.05) is 23.3 Å². The first-order chi connectivity index (χ1) is 7.55. The minimum Gasteiger partial charge on any atom is -0.375 e. The molecule has 1 fully saturated rings. The lowest BCUT2D eigenvalue weighted by Gasteiger charge is -2.36. The fourth-order valence-corrected chi connectivity index (χ4v) is 2.26. The number of pyridine rings is 1. The van der Waals surface area contributed by atoms with E-state index in [1.54, 1.807) is 0 Å². The van der Waals surface area contributed by atoms with Crippen LogP contribution in [0, 0.1) is 0 Å². The molecule has 1 aromatic rings. The Bertz CT molecular complexity index is 351. The summed E-state index contributed by atoms with van der Waals surface area (Å²) in [6.45, 7) is 5.09. The number of halogens is 1. The average Bonchev–Trinajstić information content (AvgIpc) is 2.20. The van der Waals surface area contributed by atoms with Gasteiger partial charge >= 0.3 is 0 Å². The number of nitrogens with one attached hydrogen (secondary N) is 1. The Morgan fingerprint density at radius 2 is 2.31 bits per heavy atom. The van der Waals surface area contributed by atoms with Crippen molar-refractivity contribution in [3.8, 4) is 0 Å². The van der Waals surface area contributed by atoms with Crippen LogP contribution in [-0.2, 0) is 4.74 Å². The lowest BCUT2D eigenvalue weighted by atomic mass is 9.94. The Hall–Kier alpha value is -0.610. The van der Waals surface area contributed by atoms with Crippen molar-refractivity contribution < 1.29 is 4.74 Å². The number of ether oxygens (including phenoxy) is 1. The second-order valence-corrected chi connectivity index (χ2v) is 5.72. The van der Waals surface area contributed by atoms with E-state index < -0.39 is 0 Å². The number of hydrogen-bond acceptors (Lipinski definition) is 3. The molecule has 0 spiro atoms. The molecule has 0 saturated carbocycles. The standard InChI is InChI=1S/C12H17BrN2O/c1-12(2)7-10(5-6-16-12)15-11-4-3-9(13)8-14-11/h3-4,8,10H,5-7H2,1-2H3,(H,14,15). The first kappa shape index (κ1) is 11.9. The maximum absolute atomic E-state index is 5.68. The molecule has 16 heavy (non-hydrogen) atoms. The average molecular weight is 285 g/mol. The first-order valence-electron chi connectivity index (χ1n) is 5.57. The smallest absolute Gasteiger partial charge is 0.126 e. The van der Waals surface area contributed by atoms with Gasteiger partial charge in [0.2, 0.25) is 0 Å². The Balaban J connectivity index is 1.97. The third-order valence-corrected chi connectivity index (χ3v) is 3.25. The van der Waals surface area contributed by atoms with E-state index in [4.69, 9.17) is 4.74 Å². The highest BCUT2D eigenvalue weighted by atomic mass is 79.9. The predicted octanol–water partition coefficient (Wildman–Crippen LogP) is 3.21. The maximum Gasteiger partial charge on any atom is 0.126 e. The van der Waals surface area contributed by atoms with Crippen molar-refractivity contribution in [1.82, 2.24) is 4.98 Å². The Labute approximate surface area is 105 Å². The van der Waals surface area contributed by atoms with E-state index in [0.717, 1.165) is 29.7 Å². The molecule has 3 nitrogen and oxygen atoms in total. The molecule has 1 aromatic heterocycles. The zero-order valence-corrected chi connectivity index (χ0v) is 11.3. The van der Waals surface area contributed by atoms with Crippen LogP contribution in [-0.4, -0.2) is 23.2 Å². The Morgan fingerprint density at radius 3 is 2.94 bits per heavy atom. The van der Waals surface area contributed by atoms with Crippen molar-refractivity contribution in [3.05, 3.63) is 22.8 Å². The van der Waals surface area contributed by atoms with Crippen molar-refractivity contribution in [2.24, 2.45) is 0 Å². The van der Waals surface area contributed by atoms with E-state index in [1.165, 1.54) is 0 Å². The molecule has 0 amide bonds. The largest absolute Gasteiger partial charge is 0.375 e. The van der Waals surface area contributed by atoms with Crippen LogP contribution in [0.3, 0.4) is 0 Å². The van der Waals surface area contributed by atoms with Crippen LogP contribution in [0.2, 0.25) is 0 Å². The topological polar surface area (TPSA) is 34.2 Å². The summed E-state index contributed by atoms with van der Waals surface area (Å²) < 4.78 is 6.69. The molecule has 1 N–H and O–H groups in total. The van der Waals surface area contributed by atoms with E-state index in [0.29, 0.717) is 6.04 Å². The third kappa shape index (κ3) is 3.19. The molecule has 0 aliphatic carbocycles. The summed E-state index contributed by atoms with van der Waals surface area (Å²) >= 11 is 3.38. The molecule has 1 aliphatic heterocycles. The lowest BCUT2D eigenvalue weighted by Crippen LogP contribution is -2.40. The monoisotopic (exact) mass is 284 g/mol. The molecule has 1 aliphatic rings. The molecular formula is C12H17BrN2O. The molecule has 0 radical (unpaired) electrons. The summed E-state index contributed by atoms with van der Waals surface area (Å²) in [4.78, 5) is 4.32. The SMILES string of the molecule is CC1(C)CC(Nc2ccc(Br)cn2)CCO1. The molecule has 88 valence electrons. The van der Waals surface area contributed by atoms with Gasteiger partial charge in [-0.25, -0.2) is 4.98 Å². The highest BCUT2D eigenvalue weighted by molar-refractivity contribution is 9.10. The molecule has 1 saturated heterocycles. The number of hydrogen-bond donors (Lipinski definition) is 1. The molecule has 4 heteroatoms. The van der Waals surface area contributed by atoms with E-state index in [2.05, 4.69) is 40.1 Å². The van der Waals surface area contributed by atoms with Crippen molar-refractivity contribution in [2.75, 3.05) is 11.9 Å². The van der Waals surface area contributed by atoms with Gasteiger partial charge in [-0.1, -0.05) is 0 Å². The van der Waals surface area contributed by atoms with Gasteiger partial charge in [0.1, 0.15) is 5.82 Å². The zero-order chi connectivity index (χ0) is 11.6. The lowest BCUT2D eigenvalue weighted by molar-refractivity contribution is -0.0553. The van der Waals surface area contributed by atoms with Gasteiger partial charge in [-0.3, -0.25) is 0 Å². The third-order valence-electron chi connectivity index (χ3n) is 2.78. The molecule has 2 heterocycles. The first-order valence-corrected chi connectivity index (χ1v) is 6.36. The second-order valence-electron chi connectivity index (χ2n) is 4.80. The summed E-state index contributed by atoms with van der Waals surface area (Å²) in [7, 11) is 0. The molecule has 0 bridgehead atoms. The van der Waals surface area contributed by atoms with Gasteiger partial charge in [0.05, 0.1) is 5.60 Å². The van der Waals surface area contributed by atoms with Crippen LogP contribution >= 0.6 is 15.9 Å². The Morgan fingerprint density at radius 1 is 1.50 bits per heavy atom. The highest BCUT2D eigenvalue weighted by Crippen LogP contribution is 2.26. The van der Waals surface area contributed by atoms with Gasteiger partial charge in [-0.2, -0.15) is 0 Å². The second kappa shape index (κ2) is 4.72. The van der Waals surface area contributed by atoms with Crippen LogP contribution in [0.1, 0.15) is 26.7 Å². The summed E-state index contributed by atoms with van der Waals surface area (Å²) in [5.74, 6) is 0.936. The Kier molecular flexibility index (Phi) is 3.50. The predicted molar refractivity (Wildman–Crippen MR) is 68.6 cm³/mol. The number of aromatic nitrogens is 1. The van der Waals surface area contributed by atoms with Crippen LogP contribution < -0.4 is 5.32 Å². The van der Waals surface area contributed by atoms with Crippen LogP contribution in [0.4, 0.5) is 5.82 Å². The summed E-state index contributed by atoms with van der Waals surface area (Å²) in [6.07, 6.45) is 3.87. The quantitative estimate of drug-likeness (QED) is 0.906. The van der Waals surface area contributed by atoms with Gasteiger partial charge < -0.3 is 10.1 Å². The highest BCUT2D eigenvalue weighted by Gasteiger charge is 2.28. The van der Waals surface area contributed by atoms with Crippen molar-refractivity contribution in [2.45, 2.75) is 38.3 Å². The van der Waals surface area contributed by atoms with E-state index in [1.807, 2.05) is 18.3 Å². The molecule has 1 unspecified atom stereocenters. The number of nitrogens with zero attached hydrogens (tertiary/aromatic N) is 1. The maximum atomic E-state index is 5.68. The zero-order valence-electron chi connectivity index (χ0n) is 9.66. The van der Waals surface area contributed by atoms with Crippen LogP contribution in [0.5, 0.6) is 0 Å². The molecule has 1 atom stereocenters. The fourth-order valence-electron chi connectivity index (χ4n) is 2.03. The summed E-state index contributed by atoms with van der Waals surface area (Å²) in [5, 5.41) is 3.45.